The summed E-state index contributed by atoms with van der Waals surface area (Å²) in [6.07, 6.45) is 0.194. The van der Waals surface area contributed by atoms with Gasteiger partial charge in [-0.1, -0.05) is 30.8 Å². The number of benzene rings is 2. The SMILES string of the molecule is C=CC(=O)Oc1cccc2c(OC(C)O)cccc12. The van der Waals surface area contributed by atoms with Crippen LogP contribution in [0.15, 0.2) is 49.1 Å². The van der Waals surface area contributed by atoms with Crippen molar-refractivity contribution in [3.8, 4) is 11.5 Å². The van der Waals surface area contributed by atoms with E-state index < -0.39 is 12.3 Å². The Morgan fingerprint density at radius 2 is 1.79 bits per heavy atom. The first-order valence-electron chi connectivity index (χ1n) is 5.82. The van der Waals surface area contributed by atoms with Gasteiger partial charge < -0.3 is 14.6 Å². The molecule has 0 fully saturated rings. The molecule has 0 heterocycles. The lowest BCUT2D eigenvalue weighted by molar-refractivity contribution is -0.128. The van der Waals surface area contributed by atoms with Crippen molar-refractivity contribution in [1.82, 2.24) is 0 Å². The highest BCUT2D eigenvalue weighted by Crippen LogP contribution is 2.32. The van der Waals surface area contributed by atoms with E-state index in [-0.39, 0.29) is 0 Å². The molecule has 0 amide bonds. The Kier molecular flexibility index (Phi) is 3.82. The highest BCUT2D eigenvalue weighted by Gasteiger charge is 2.09. The lowest BCUT2D eigenvalue weighted by atomic mass is 10.1. The van der Waals surface area contributed by atoms with Crippen molar-refractivity contribution in [2.75, 3.05) is 0 Å². The number of aliphatic hydroxyl groups excluding tert-OH is 1. The van der Waals surface area contributed by atoms with Gasteiger partial charge in [-0.2, -0.15) is 0 Å². The van der Waals surface area contributed by atoms with Crippen molar-refractivity contribution in [2.45, 2.75) is 13.2 Å². The summed E-state index contributed by atoms with van der Waals surface area (Å²) >= 11 is 0. The van der Waals surface area contributed by atoms with Gasteiger partial charge >= 0.3 is 5.97 Å². The third-order valence-electron chi connectivity index (χ3n) is 2.52. The second-order valence-corrected chi connectivity index (χ2v) is 3.95. The van der Waals surface area contributed by atoms with Gasteiger partial charge in [-0.15, -0.1) is 0 Å². The molecule has 2 aromatic carbocycles. The van der Waals surface area contributed by atoms with Crippen LogP contribution < -0.4 is 9.47 Å². The third kappa shape index (κ3) is 2.92. The maximum atomic E-state index is 11.3. The van der Waals surface area contributed by atoms with Crippen LogP contribution in [-0.4, -0.2) is 17.4 Å². The fourth-order valence-electron chi connectivity index (χ4n) is 1.78. The minimum Gasteiger partial charge on any atom is -0.465 e. The standard InChI is InChI=1S/C15H14O4/c1-3-15(17)19-14-9-5-6-11-12(14)7-4-8-13(11)18-10(2)16/h3-10,16H,1H2,2H3. The summed E-state index contributed by atoms with van der Waals surface area (Å²) < 4.78 is 10.5. The van der Waals surface area contributed by atoms with E-state index in [1.807, 2.05) is 12.1 Å². The van der Waals surface area contributed by atoms with Gasteiger partial charge in [0, 0.05) is 16.8 Å². The molecule has 0 saturated heterocycles. The van der Waals surface area contributed by atoms with Gasteiger partial charge in [0.1, 0.15) is 11.5 Å². The number of fused-ring (bicyclic) bond motifs is 1. The molecule has 0 spiro atoms. The van der Waals surface area contributed by atoms with Gasteiger partial charge in [0.15, 0.2) is 6.29 Å². The first-order chi connectivity index (χ1) is 9.11. The number of ether oxygens (including phenoxy) is 2. The molecule has 1 N–H and O–H groups in total. The predicted molar refractivity (Wildman–Crippen MR) is 72.1 cm³/mol. The zero-order chi connectivity index (χ0) is 13.8. The summed E-state index contributed by atoms with van der Waals surface area (Å²) in [5.41, 5.74) is 0. The summed E-state index contributed by atoms with van der Waals surface area (Å²) in [6.45, 7) is 4.89. The van der Waals surface area contributed by atoms with Crippen LogP contribution in [0.2, 0.25) is 0 Å². The average molecular weight is 258 g/mol. The van der Waals surface area contributed by atoms with E-state index in [0.29, 0.717) is 11.5 Å². The molecule has 0 aliphatic rings. The Hall–Kier alpha value is -2.33. The van der Waals surface area contributed by atoms with Gasteiger partial charge in [0.2, 0.25) is 0 Å². The molecule has 0 saturated carbocycles. The maximum Gasteiger partial charge on any atom is 0.335 e. The van der Waals surface area contributed by atoms with Crippen LogP contribution in [0.5, 0.6) is 11.5 Å². The Morgan fingerprint density at radius 1 is 1.21 bits per heavy atom. The minimum atomic E-state index is -0.912. The molecule has 0 aromatic heterocycles. The second kappa shape index (κ2) is 5.54. The number of hydrogen-bond acceptors (Lipinski definition) is 4. The van der Waals surface area contributed by atoms with E-state index >= 15 is 0 Å². The summed E-state index contributed by atoms with van der Waals surface area (Å²) in [5, 5.41) is 10.8. The maximum absolute atomic E-state index is 11.3. The molecular weight excluding hydrogens is 244 g/mol. The second-order valence-electron chi connectivity index (χ2n) is 3.95. The van der Waals surface area contributed by atoms with E-state index in [0.717, 1.165) is 16.8 Å². The Labute approximate surface area is 110 Å². The zero-order valence-electron chi connectivity index (χ0n) is 10.5. The summed E-state index contributed by atoms with van der Waals surface area (Å²) in [7, 11) is 0. The van der Waals surface area contributed by atoms with Gasteiger partial charge in [-0.25, -0.2) is 4.79 Å². The van der Waals surface area contributed by atoms with Gasteiger partial charge in [0.25, 0.3) is 0 Å². The summed E-state index contributed by atoms with van der Waals surface area (Å²) in [5.74, 6) is 0.441. The number of carbonyl (C=O) groups excluding carboxylic acids is 1. The van der Waals surface area contributed by atoms with E-state index in [2.05, 4.69) is 6.58 Å². The Balaban J connectivity index is 2.50. The summed E-state index contributed by atoms with van der Waals surface area (Å²) in [6, 6.07) is 10.6. The fourth-order valence-corrected chi connectivity index (χ4v) is 1.78. The number of aliphatic hydroxyl groups is 1. The van der Waals surface area contributed by atoms with Crippen molar-refractivity contribution in [3.05, 3.63) is 49.1 Å². The monoisotopic (exact) mass is 258 g/mol. The number of hydrogen-bond donors (Lipinski definition) is 1. The molecule has 2 aromatic rings. The minimum absolute atomic E-state index is 0.429. The number of carbonyl (C=O) groups is 1. The fraction of sp³-hybridized carbons (Fsp3) is 0.133. The molecule has 4 heteroatoms. The van der Waals surface area contributed by atoms with Gasteiger partial charge in [-0.05, 0) is 19.1 Å². The lowest BCUT2D eigenvalue weighted by Crippen LogP contribution is -2.10. The van der Waals surface area contributed by atoms with Crippen molar-refractivity contribution < 1.29 is 19.4 Å². The Bertz CT molecular complexity index is 617. The van der Waals surface area contributed by atoms with E-state index in [1.54, 1.807) is 24.3 Å². The smallest absolute Gasteiger partial charge is 0.335 e. The van der Waals surface area contributed by atoms with Crippen LogP contribution in [0.4, 0.5) is 0 Å². The molecule has 19 heavy (non-hydrogen) atoms. The molecule has 1 atom stereocenters. The van der Waals surface area contributed by atoms with Crippen LogP contribution in [0.3, 0.4) is 0 Å². The van der Waals surface area contributed by atoms with Crippen LogP contribution in [0, 0.1) is 0 Å². The quantitative estimate of drug-likeness (QED) is 0.396. The first kappa shape index (κ1) is 13.1. The molecule has 98 valence electrons. The lowest BCUT2D eigenvalue weighted by Gasteiger charge is -2.13. The van der Waals surface area contributed by atoms with Gasteiger partial charge in [-0.3, -0.25) is 0 Å². The number of esters is 1. The summed E-state index contributed by atoms with van der Waals surface area (Å²) in [4.78, 5) is 11.3. The van der Waals surface area contributed by atoms with Crippen molar-refractivity contribution in [1.29, 1.82) is 0 Å². The van der Waals surface area contributed by atoms with Crippen LogP contribution in [-0.2, 0) is 4.79 Å². The molecule has 1 unspecified atom stereocenters. The van der Waals surface area contributed by atoms with Crippen LogP contribution in [0.25, 0.3) is 10.8 Å². The molecule has 0 radical (unpaired) electrons. The zero-order valence-corrected chi connectivity index (χ0v) is 10.5. The van der Waals surface area contributed by atoms with Crippen molar-refractivity contribution in [3.63, 3.8) is 0 Å². The largest absolute Gasteiger partial charge is 0.465 e. The normalized spacial score (nSPS) is 11.9. The average Bonchev–Trinajstić information content (AvgIpc) is 2.39. The molecule has 4 nitrogen and oxygen atoms in total. The van der Waals surface area contributed by atoms with E-state index in [1.165, 1.54) is 6.92 Å². The van der Waals surface area contributed by atoms with Gasteiger partial charge in [0.05, 0.1) is 0 Å². The molecular formula is C15H14O4. The highest BCUT2D eigenvalue weighted by molar-refractivity contribution is 5.95. The topological polar surface area (TPSA) is 55.8 Å². The predicted octanol–water partition coefficient (Wildman–Crippen LogP) is 2.65. The molecule has 0 aliphatic heterocycles. The van der Waals surface area contributed by atoms with Crippen molar-refractivity contribution in [2.24, 2.45) is 0 Å². The van der Waals surface area contributed by atoms with Crippen LogP contribution in [0.1, 0.15) is 6.92 Å². The first-order valence-corrected chi connectivity index (χ1v) is 5.82. The van der Waals surface area contributed by atoms with E-state index in [4.69, 9.17) is 9.47 Å². The molecule has 0 bridgehead atoms. The number of rotatable bonds is 4. The molecule has 0 aliphatic carbocycles. The molecule has 2 rings (SSSR count). The van der Waals surface area contributed by atoms with Crippen molar-refractivity contribution >= 4 is 16.7 Å². The third-order valence-corrected chi connectivity index (χ3v) is 2.52. The van der Waals surface area contributed by atoms with E-state index in [9.17, 15) is 9.90 Å². The van der Waals surface area contributed by atoms with Crippen LogP contribution >= 0.6 is 0 Å². The Morgan fingerprint density at radius 3 is 2.37 bits per heavy atom. The highest BCUT2D eigenvalue weighted by atomic mass is 16.6.